The molecule has 0 aliphatic heterocycles. The highest BCUT2D eigenvalue weighted by atomic mass is 16.5. The third-order valence-corrected chi connectivity index (χ3v) is 1.84. The Morgan fingerprint density at radius 2 is 2.21 bits per heavy atom. The molecule has 0 aliphatic carbocycles. The van der Waals surface area contributed by atoms with Crippen molar-refractivity contribution in [1.82, 2.24) is 9.97 Å². The number of ether oxygens (including phenoxy) is 1. The first-order chi connectivity index (χ1) is 6.69. The highest BCUT2D eigenvalue weighted by Crippen LogP contribution is 2.08. The van der Waals surface area contributed by atoms with Gasteiger partial charge in [0.1, 0.15) is 12.4 Å². The molecule has 0 unspecified atom stereocenters. The molecule has 1 aromatic heterocycles. The Hall–Kier alpha value is -1.36. The van der Waals surface area contributed by atoms with Gasteiger partial charge < -0.3 is 14.8 Å². The molecule has 2 N–H and O–H groups in total. The van der Waals surface area contributed by atoms with Crippen molar-refractivity contribution in [3.8, 4) is 5.88 Å². The highest BCUT2D eigenvalue weighted by Gasteiger charge is 2.07. The van der Waals surface area contributed by atoms with Gasteiger partial charge in [0, 0.05) is 6.61 Å². The van der Waals surface area contributed by atoms with Crippen LogP contribution in [0, 0.1) is 0 Å². The second-order valence-corrected chi connectivity index (χ2v) is 2.81. The van der Waals surface area contributed by atoms with Gasteiger partial charge in [0.25, 0.3) is 5.56 Å². The average molecular weight is 198 g/mol. The average Bonchev–Trinajstić information content (AvgIpc) is 2.14. The largest absolute Gasteiger partial charge is 0.493 e. The van der Waals surface area contributed by atoms with E-state index in [1.165, 1.54) is 0 Å². The van der Waals surface area contributed by atoms with Crippen molar-refractivity contribution in [3.63, 3.8) is 0 Å². The molecule has 0 spiro atoms. The summed E-state index contributed by atoms with van der Waals surface area (Å²) in [5.41, 5.74) is 0.0138. The lowest BCUT2D eigenvalue weighted by molar-refractivity contribution is 0.127. The fraction of sp³-hybridized carbons (Fsp3) is 0.556. The lowest BCUT2D eigenvalue weighted by Crippen LogP contribution is -2.16. The van der Waals surface area contributed by atoms with Crippen LogP contribution in [0.15, 0.2) is 4.79 Å². The van der Waals surface area contributed by atoms with E-state index in [4.69, 9.17) is 4.74 Å². The number of aromatic amines is 1. The Labute approximate surface area is 81.8 Å². The zero-order valence-electron chi connectivity index (χ0n) is 8.33. The van der Waals surface area contributed by atoms with Gasteiger partial charge in [0.2, 0.25) is 5.88 Å². The molecule has 0 aromatic carbocycles. The van der Waals surface area contributed by atoms with Crippen LogP contribution in [0.1, 0.15) is 25.2 Å². The van der Waals surface area contributed by atoms with Gasteiger partial charge in [-0.25, -0.2) is 0 Å². The summed E-state index contributed by atoms with van der Waals surface area (Å²) in [5.74, 6) is 0.150. The lowest BCUT2D eigenvalue weighted by atomic mass is 10.2. The fourth-order valence-electron chi connectivity index (χ4n) is 1.12. The molecule has 0 amide bonds. The van der Waals surface area contributed by atoms with Crippen molar-refractivity contribution < 1.29 is 9.84 Å². The van der Waals surface area contributed by atoms with Crippen molar-refractivity contribution in [2.24, 2.45) is 0 Å². The van der Waals surface area contributed by atoms with E-state index in [2.05, 4.69) is 9.97 Å². The van der Waals surface area contributed by atoms with Gasteiger partial charge in [-0.15, -0.1) is 0 Å². The molecule has 78 valence electrons. The summed E-state index contributed by atoms with van der Waals surface area (Å²) in [6, 6.07) is 0. The molecule has 0 saturated carbocycles. The molecule has 0 saturated heterocycles. The second-order valence-electron chi connectivity index (χ2n) is 2.81. The van der Waals surface area contributed by atoms with Crippen LogP contribution in [0.5, 0.6) is 5.88 Å². The predicted molar refractivity (Wildman–Crippen MR) is 51.2 cm³/mol. The van der Waals surface area contributed by atoms with Crippen LogP contribution < -0.4 is 5.56 Å². The quantitative estimate of drug-likeness (QED) is 0.741. The molecule has 0 fully saturated rings. The maximum atomic E-state index is 11.3. The van der Waals surface area contributed by atoms with E-state index < -0.39 is 0 Å². The van der Waals surface area contributed by atoms with E-state index in [9.17, 15) is 9.90 Å². The molecule has 0 bridgehead atoms. The smallest absolute Gasteiger partial charge is 0.257 e. The van der Waals surface area contributed by atoms with Gasteiger partial charge in [-0.3, -0.25) is 4.79 Å². The molecule has 5 nitrogen and oxygen atoms in total. The third-order valence-electron chi connectivity index (χ3n) is 1.84. The second kappa shape index (κ2) is 4.76. The van der Waals surface area contributed by atoms with Gasteiger partial charge in [-0.1, -0.05) is 6.92 Å². The summed E-state index contributed by atoms with van der Waals surface area (Å²) in [5, 5.41) is 9.38. The number of rotatable bonds is 4. The molecule has 1 rings (SSSR count). The van der Waals surface area contributed by atoms with E-state index in [1.54, 1.807) is 6.92 Å². The normalized spacial score (nSPS) is 10.4. The molecule has 0 radical (unpaired) electrons. The Balaban J connectivity index is 2.96. The van der Waals surface area contributed by atoms with Crippen molar-refractivity contribution in [1.29, 1.82) is 0 Å². The van der Waals surface area contributed by atoms with E-state index in [-0.39, 0.29) is 18.0 Å². The highest BCUT2D eigenvalue weighted by molar-refractivity contribution is 5.21. The van der Waals surface area contributed by atoms with Crippen molar-refractivity contribution in [2.75, 3.05) is 6.61 Å². The summed E-state index contributed by atoms with van der Waals surface area (Å²) in [4.78, 5) is 17.7. The Kier molecular flexibility index (Phi) is 3.64. The molecule has 0 atom stereocenters. The maximum Gasteiger partial charge on any atom is 0.257 e. The number of aromatic hydroxyl groups is 1. The molecular formula is C9H14N2O3. The van der Waals surface area contributed by atoms with Gasteiger partial charge in [0.05, 0.1) is 5.56 Å². The van der Waals surface area contributed by atoms with E-state index in [1.807, 2.05) is 6.92 Å². The minimum atomic E-state index is -0.297. The zero-order valence-corrected chi connectivity index (χ0v) is 8.33. The predicted octanol–water partition coefficient (Wildman–Crippen LogP) is 0.574. The van der Waals surface area contributed by atoms with Crippen LogP contribution in [0.3, 0.4) is 0 Å². The fourth-order valence-corrected chi connectivity index (χ4v) is 1.12. The van der Waals surface area contributed by atoms with Crippen molar-refractivity contribution in [3.05, 3.63) is 21.7 Å². The topological polar surface area (TPSA) is 75.2 Å². The van der Waals surface area contributed by atoms with Gasteiger partial charge in [-0.05, 0) is 13.3 Å². The maximum absolute atomic E-state index is 11.3. The van der Waals surface area contributed by atoms with Gasteiger partial charge in [-0.2, -0.15) is 4.98 Å². The Morgan fingerprint density at radius 3 is 2.71 bits per heavy atom. The summed E-state index contributed by atoms with van der Waals surface area (Å²) in [7, 11) is 0. The SMILES string of the molecule is CCOCc1nc(O)c(CC)c(=O)[nH]1. The molecular weight excluding hydrogens is 184 g/mol. The van der Waals surface area contributed by atoms with Crippen LogP contribution in [0.2, 0.25) is 0 Å². The van der Waals surface area contributed by atoms with Crippen molar-refractivity contribution in [2.45, 2.75) is 26.9 Å². The minimum Gasteiger partial charge on any atom is -0.493 e. The number of hydrogen-bond donors (Lipinski definition) is 2. The van der Waals surface area contributed by atoms with Crippen LogP contribution >= 0.6 is 0 Å². The van der Waals surface area contributed by atoms with Crippen LogP contribution in [-0.2, 0) is 17.8 Å². The molecule has 1 aromatic rings. The summed E-state index contributed by atoms with van der Waals surface area (Å²) in [6.45, 7) is 4.38. The zero-order chi connectivity index (χ0) is 10.6. The number of nitrogens with one attached hydrogen (secondary N) is 1. The summed E-state index contributed by atoms with van der Waals surface area (Å²) in [6.07, 6.45) is 0.461. The van der Waals surface area contributed by atoms with E-state index in [0.29, 0.717) is 24.4 Å². The van der Waals surface area contributed by atoms with Crippen LogP contribution in [0.25, 0.3) is 0 Å². The monoisotopic (exact) mass is 198 g/mol. The molecule has 14 heavy (non-hydrogen) atoms. The first kappa shape index (κ1) is 10.7. The lowest BCUT2D eigenvalue weighted by Gasteiger charge is -2.03. The minimum absolute atomic E-state index is 0.203. The molecule has 1 heterocycles. The van der Waals surface area contributed by atoms with Gasteiger partial charge in [0.15, 0.2) is 0 Å². The third kappa shape index (κ3) is 2.32. The van der Waals surface area contributed by atoms with E-state index in [0.717, 1.165) is 0 Å². The summed E-state index contributed by atoms with van der Waals surface area (Å²) < 4.78 is 5.06. The number of H-pyrrole nitrogens is 1. The molecule has 0 aliphatic rings. The van der Waals surface area contributed by atoms with E-state index >= 15 is 0 Å². The Morgan fingerprint density at radius 1 is 1.50 bits per heavy atom. The molecule has 5 heteroatoms. The van der Waals surface area contributed by atoms with Crippen LogP contribution in [-0.4, -0.2) is 21.7 Å². The van der Waals surface area contributed by atoms with Crippen molar-refractivity contribution >= 4 is 0 Å². The Bertz CT molecular complexity index is 360. The van der Waals surface area contributed by atoms with Gasteiger partial charge >= 0.3 is 0 Å². The standard InChI is InChI=1S/C9H14N2O3/c1-3-6-8(12)10-7(5-14-4-2)11-9(6)13/h3-5H2,1-2H3,(H2,10,11,12,13). The number of aromatic nitrogens is 2. The number of nitrogens with zero attached hydrogens (tertiary/aromatic N) is 1. The summed E-state index contributed by atoms with van der Waals surface area (Å²) >= 11 is 0. The van der Waals surface area contributed by atoms with Crippen LogP contribution in [0.4, 0.5) is 0 Å². The number of hydrogen-bond acceptors (Lipinski definition) is 4. The first-order valence-electron chi connectivity index (χ1n) is 4.57. The first-order valence-corrected chi connectivity index (χ1v) is 4.57.